The Morgan fingerprint density at radius 1 is 1.10 bits per heavy atom. The lowest BCUT2D eigenvalue weighted by Crippen LogP contribution is -2.38. The van der Waals surface area contributed by atoms with Crippen molar-refractivity contribution in [3.63, 3.8) is 0 Å². The summed E-state index contributed by atoms with van der Waals surface area (Å²) in [6.45, 7) is 14.8. The molecule has 0 saturated carbocycles. The van der Waals surface area contributed by atoms with Crippen LogP contribution in [0.15, 0.2) is 24.3 Å². The summed E-state index contributed by atoms with van der Waals surface area (Å²) in [6, 6.07) is 8.89. The van der Waals surface area contributed by atoms with Crippen LogP contribution in [0.3, 0.4) is 0 Å². The molecule has 0 saturated heterocycles. The van der Waals surface area contributed by atoms with Crippen LogP contribution in [0.1, 0.15) is 58.1 Å². The third-order valence-electron chi connectivity index (χ3n) is 3.35. The van der Waals surface area contributed by atoms with E-state index in [0.29, 0.717) is 12.0 Å². The van der Waals surface area contributed by atoms with Gasteiger partial charge in [-0.1, -0.05) is 29.8 Å². The number of hydrogen-bond donors (Lipinski definition) is 1. The van der Waals surface area contributed by atoms with Crippen molar-refractivity contribution in [3.8, 4) is 0 Å². The second-order valence-electron chi connectivity index (χ2n) is 6.95. The molecule has 0 bridgehead atoms. The highest BCUT2D eigenvalue weighted by atomic mass is 16.5. The molecule has 1 rings (SSSR count). The number of hydrogen-bond acceptors (Lipinski definition) is 2. The summed E-state index contributed by atoms with van der Waals surface area (Å²) in [5.74, 6) is 0.508. The van der Waals surface area contributed by atoms with Gasteiger partial charge >= 0.3 is 0 Å². The van der Waals surface area contributed by atoms with E-state index in [2.05, 4.69) is 71.1 Å². The summed E-state index contributed by atoms with van der Waals surface area (Å²) < 4.78 is 5.72. The fourth-order valence-corrected chi connectivity index (χ4v) is 2.10. The highest BCUT2D eigenvalue weighted by Crippen LogP contribution is 2.21. The van der Waals surface area contributed by atoms with E-state index in [-0.39, 0.29) is 5.54 Å². The van der Waals surface area contributed by atoms with Crippen molar-refractivity contribution in [1.82, 2.24) is 5.32 Å². The van der Waals surface area contributed by atoms with Crippen LogP contribution < -0.4 is 5.32 Å². The Hall–Kier alpha value is -0.860. The monoisotopic (exact) mass is 277 g/mol. The molecule has 0 radical (unpaired) electrons. The molecule has 0 spiro atoms. The third-order valence-corrected chi connectivity index (χ3v) is 3.35. The second kappa shape index (κ2) is 7.80. The average molecular weight is 277 g/mol. The van der Waals surface area contributed by atoms with Gasteiger partial charge in [-0.15, -0.1) is 0 Å². The van der Waals surface area contributed by atoms with Crippen LogP contribution in [-0.2, 0) is 4.74 Å². The van der Waals surface area contributed by atoms with E-state index in [1.54, 1.807) is 0 Å². The van der Waals surface area contributed by atoms with E-state index in [4.69, 9.17) is 4.74 Å². The van der Waals surface area contributed by atoms with Gasteiger partial charge in [-0.3, -0.25) is 0 Å². The molecule has 2 nitrogen and oxygen atoms in total. The molecule has 20 heavy (non-hydrogen) atoms. The zero-order chi connectivity index (χ0) is 15.2. The van der Waals surface area contributed by atoms with E-state index in [0.717, 1.165) is 19.6 Å². The summed E-state index contributed by atoms with van der Waals surface area (Å²) >= 11 is 0. The van der Waals surface area contributed by atoms with Crippen molar-refractivity contribution in [1.29, 1.82) is 0 Å². The van der Waals surface area contributed by atoms with Gasteiger partial charge < -0.3 is 10.1 Å². The lowest BCUT2D eigenvalue weighted by Gasteiger charge is -2.26. The van der Waals surface area contributed by atoms with Crippen molar-refractivity contribution < 1.29 is 4.74 Å². The normalized spacial score (nSPS) is 13.8. The molecule has 0 aliphatic heterocycles. The molecular weight excluding hydrogens is 246 g/mol. The summed E-state index contributed by atoms with van der Waals surface area (Å²) in [5, 5.41) is 3.62. The number of nitrogens with one attached hydrogen (secondary N) is 1. The molecule has 0 fully saturated rings. The first-order valence-electron chi connectivity index (χ1n) is 7.71. The van der Waals surface area contributed by atoms with Gasteiger partial charge in [0.15, 0.2) is 0 Å². The SMILES string of the molecule is Cc1ccc(C(CCOC(C)C)CNC(C)(C)C)cc1. The number of aryl methyl sites for hydroxylation is 1. The van der Waals surface area contributed by atoms with Gasteiger partial charge in [0.1, 0.15) is 0 Å². The summed E-state index contributed by atoms with van der Waals surface area (Å²) in [7, 11) is 0. The lowest BCUT2D eigenvalue weighted by atomic mass is 9.94. The lowest BCUT2D eigenvalue weighted by molar-refractivity contribution is 0.0729. The van der Waals surface area contributed by atoms with Gasteiger partial charge in [-0.05, 0) is 59.4 Å². The number of ether oxygens (including phenoxy) is 1. The summed E-state index contributed by atoms with van der Waals surface area (Å²) in [4.78, 5) is 0. The quantitative estimate of drug-likeness (QED) is 0.803. The number of rotatable bonds is 7. The molecule has 1 aromatic rings. The fourth-order valence-electron chi connectivity index (χ4n) is 2.10. The molecule has 1 atom stereocenters. The van der Waals surface area contributed by atoms with Gasteiger partial charge in [0.05, 0.1) is 6.10 Å². The van der Waals surface area contributed by atoms with Crippen LogP contribution in [0.2, 0.25) is 0 Å². The fraction of sp³-hybridized carbons (Fsp3) is 0.667. The van der Waals surface area contributed by atoms with Gasteiger partial charge in [0.25, 0.3) is 0 Å². The van der Waals surface area contributed by atoms with Crippen LogP contribution in [0.4, 0.5) is 0 Å². The van der Waals surface area contributed by atoms with Gasteiger partial charge in [-0.2, -0.15) is 0 Å². The molecule has 2 heteroatoms. The minimum Gasteiger partial charge on any atom is -0.379 e. The van der Waals surface area contributed by atoms with Crippen molar-refractivity contribution in [2.45, 2.75) is 65.5 Å². The smallest absolute Gasteiger partial charge is 0.0518 e. The second-order valence-corrected chi connectivity index (χ2v) is 6.95. The van der Waals surface area contributed by atoms with E-state index in [9.17, 15) is 0 Å². The maximum Gasteiger partial charge on any atom is 0.0518 e. The van der Waals surface area contributed by atoms with Crippen molar-refractivity contribution in [2.75, 3.05) is 13.2 Å². The topological polar surface area (TPSA) is 21.3 Å². The highest BCUT2D eigenvalue weighted by molar-refractivity contribution is 5.24. The van der Waals surface area contributed by atoms with Gasteiger partial charge in [0, 0.05) is 18.7 Å². The minimum atomic E-state index is 0.155. The molecule has 0 aliphatic rings. The first kappa shape index (κ1) is 17.2. The molecule has 1 unspecified atom stereocenters. The van der Waals surface area contributed by atoms with Crippen molar-refractivity contribution in [3.05, 3.63) is 35.4 Å². The molecule has 0 amide bonds. The molecule has 0 aromatic heterocycles. The Morgan fingerprint density at radius 2 is 1.70 bits per heavy atom. The summed E-state index contributed by atoms with van der Waals surface area (Å²) in [6.07, 6.45) is 1.37. The molecular formula is C18H31NO. The molecule has 1 aromatic carbocycles. The van der Waals surface area contributed by atoms with Crippen LogP contribution in [0.25, 0.3) is 0 Å². The standard InChI is InChI=1S/C18H31NO/c1-14(2)20-12-11-17(13-19-18(4,5)6)16-9-7-15(3)8-10-16/h7-10,14,17,19H,11-13H2,1-6H3. The first-order valence-corrected chi connectivity index (χ1v) is 7.71. The Kier molecular flexibility index (Phi) is 6.70. The van der Waals surface area contributed by atoms with Crippen LogP contribution in [-0.4, -0.2) is 24.8 Å². The molecule has 0 aliphatic carbocycles. The van der Waals surface area contributed by atoms with Gasteiger partial charge in [-0.25, -0.2) is 0 Å². The van der Waals surface area contributed by atoms with E-state index < -0.39 is 0 Å². The zero-order valence-corrected chi connectivity index (χ0v) is 14.0. The summed E-state index contributed by atoms with van der Waals surface area (Å²) in [5.41, 5.74) is 2.87. The molecule has 114 valence electrons. The van der Waals surface area contributed by atoms with Crippen LogP contribution in [0.5, 0.6) is 0 Å². The van der Waals surface area contributed by atoms with Crippen molar-refractivity contribution in [2.24, 2.45) is 0 Å². The van der Waals surface area contributed by atoms with Crippen LogP contribution >= 0.6 is 0 Å². The predicted octanol–water partition coefficient (Wildman–Crippen LogP) is 4.28. The van der Waals surface area contributed by atoms with Crippen LogP contribution in [0, 0.1) is 6.92 Å². The molecule has 0 heterocycles. The minimum absolute atomic E-state index is 0.155. The van der Waals surface area contributed by atoms with E-state index >= 15 is 0 Å². The first-order chi connectivity index (χ1) is 9.28. The van der Waals surface area contributed by atoms with Gasteiger partial charge in [0.2, 0.25) is 0 Å². The van der Waals surface area contributed by atoms with E-state index in [1.165, 1.54) is 11.1 Å². The predicted molar refractivity (Wildman–Crippen MR) is 87.4 cm³/mol. The zero-order valence-electron chi connectivity index (χ0n) is 14.0. The average Bonchev–Trinajstić information content (AvgIpc) is 2.33. The number of benzene rings is 1. The van der Waals surface area contributed by atoms with Crippen molar-refractivity contribution >= 4 is 0 Å². The Morgan fingerprint density at radius 3 is 2.20 bits per heavy atom. The third kappa shape index (κ3) is 7.06. The van der Waals surface area contributed by atoms with E-state index in [1.807, 2.05) is 0 Å². The largest absolute Gasteiger partial charge is 0.379 e. The highest BCUT2D eigenvalue weighted by Gasteiger charge is 2.16. The maximum absolute atomic E-state index is 5.72. The Bertz CT molecular complexity index is 375. The Balaban J connectivity index is 2.65. The maximum atomic E-state index is 5.72. The molecule has 1 N–H and O–H groups in total. The Labute approximate surface area is 124 Å².